The minimum Gasteiger partial charge on any atom is -0.450 e. The summed E-state index contributed by atoms with van der Waals surface area (Å²) >= 11 is 0. The summed E-state index contributed by atoms with van der Waals surface area (Å²) in [5.41, 5.74) is 0. The predicted octanol–water partition coefficient (Wildman–Crippen LogP) is -0.0884. The SMILES string of the molecule is CCOC(=O)N1CCN(CC(=O)N[C@@H](C)COC)CC1. The van der Waals surface area contributed by atoms with Crippen LogP contribution in [0.2, 0.25) is 0 Å². The highest BCUT2D eigenvalue weighted by Crippen LogP contribution is 2.03. The van der Waals surface area contributed by atoms with E-state index in [9.17, 15) is 9.59 Å². The van der Waals surface area contributed by atoms with Gasteiger partial charge in [-0.05, 0) is 13.8 Å². The first-order valence-electron chi connectivity index (χ1n) is 6.99. The molecule has 1 aliphatic rings. The number of nitrogens with zero attached hydrogens (tertiary/aromatic N) is 2. The third-order valence-corrected chi connectivity index (χ3v) is 3.09. The van der Waals surface area contributed by atoms with Gasteiger partial charge in [-0.15, -0.1) is 0 Å². The fourth-order valence-electron chi connectivity index (χ4n) is 2.12. The third-order valence-electron chi connectivity index (χ3n) is 3.09. The molecule has 1 N–H and O–H groups in total. The summed E-state index contributed by atoms with van der Waals surface area (Å²) in [6.07, 6.45) is -0.273. The molecule has 0 aromatic carbocycles. The number of carbonyl (C=O) groups excluding carboxylic acids is 2. The first kappa shape index (κ1) is 16.7. The van der Waals surface area contributed by atoms with Gasteiger partial charge >= 0.3 is 6.09 Å². The third kappa shape index (κ3) is 5.75. The van der Waals surface area contributed by atoms with Gasteiger partial charge in [0.1, 0.15) is 0 Å². The van der Waals surface area contributed by atoms with E-state index in [1.165, 1.54) is 0 Å². The van der Waals surface area contributed by atoms with Crippen LogP contribution in [0.1, 0.15) is 13.8 Å². The molecular formula is C13H25N3O4. The van der Waals surface area contributed by atoms with Crippen LogP contribution in [0.4, 0.5) is 4.79 Å². The zero-order valence-corrected chi connectivity index (χ0v) is 12.6. The van der Waals surface area contributed by atoms with E-state index in [2.05, 4.69) is 5.32 Å². The van der Waals surface area contributed by atoms with Crippen LogP contribution in [-0.4, -0.2) is 80.9 Å². The van der Waals surface area contributed by atoms with E-state index >= 15 is 0 Å². The molecule has 0 bridgehead atoms. The molecule has 1 aliphatic heterocycles. The first-order chi connectivity index (χ1) is 9.56. The Morgan fingerprint density at radius 1 is 1.25 bits per heavy atom. The molecular weight excluding hydrogens is 262 g/mol. The van der Waals surface area contributed by atoms with E-state index in [1.54, 1.807) is 18.9 Å². The van der Waals surface area contributed by atoms with Gasteiger partial charge in [0.05, 0.1) is 19.8 Å². The second-order valence-corrected chi connectivity index (χ2v) is 4.89. The quantitative estimate of drug-likeness (QED) is 0.739. The molecule has 0 unspecified atom stereocenters. The zero-order chi connectivity index (χ0) is 15.0. The van der Waals surface area contributed by atoms with Crippen LogP contribution in [0.15, 0.2) is 0 Å². The van der Waals surface area contributed by atoms with Crippen molar-refractivity contribution in [3.05, 3.63) is 0 Å². The van der Waals surface area contributed by atoms with E-state index in [4.69, 9.17) is 9.47 Å². The van der Waals surface area contributed by atoms with Crippen molar-refractivity contribution in [3.8, 4) is 0 Å². The summed E-state index contributed by atoms with van der Waals surface area (Å²) in [6, 6.07) is 0.00770. The lowest BCUT2D eigenvalue weighted by atomic mass is 10.3. The van der Waals surface area contributed by atoms with E-state index in [0.717, 1.165) is 0 Å². The van der Waals surface area contributed by atoms with Crippen molar-refractivity contribution < 1.29 is 19.1 Å². The molecule has 20 heavy (non-hydrogen) atoms. The summed E-state index contributed by atoms with van der Waals surface area (Å²) in [5, 5.41) is 2.87. The molecule has 1 rings (SSSR count). The molecule has 1 atom stereocenters. The van der Waals surface area contributed by atoms with Gasteiger partial charge in [0, 0.05) is 39.3 Å². The van der Waals surface area contributed by atoms with Gasteiger partial charge in [0.25, 0.3) is 0 Å². The van der Waals surface area contributed by atoms with Crippen molar-refractivity contribution in [1.82, 2.24) is 15.1 Å². The Morgan fingerprint density at radius 2 is 1.90 bits per heavy atom. The van der Waals surface area contributed by atoms with Gasteiger partial charge in [0.2, 0.25) is 5.91 Å². The lowest BCUT2D eigenvalue weighted by Gasteiger charge is -2.33. The van der Waals surface area contributed by atoms with E-state index in [-0.39, 0.29) is 18.0 Å². The molecule has 0 radical (unpaired) electrons. The normalized spacial score (nSPS) is 17.6. The Labute approximate surface area is 120 Å². The topological polar surface area (TPSA) is 71.1 Å². The standard InChI is InChI=1S/C13H25N3O4/c1-4-20-13(18)16-7-5-15(6-8-16)9-12(17)14-11(2)10-19-3/h11H,4-10H2,1-3H3,(H,14,17)/t11-/m0/s1. The minimum atomic E-state index is -0.273. The van der Waals surface area contributed by atoms with E-state index < -0.39 is 0 Å². The lowest BCUT2D eigenvalue weighted by Crippen LogP contribution is -2.52. The fourth-order valence-corrected chi connectivity index (χ4v) is 2.12. The van der Waals surface area contributed by atoms with Crippen LogP contribution in [0.25, 0.3) is 0 Å². The average Bonchev–Trinajstić information content (AvgIpc) is 2.39. The Morgan fingerprint density at radius 3 is 2.45 bits per heavy atom. The largest absolute Gasteiger partial charge is 0.450 e. The molecule has 116 valence electrons. The second kappa shape index (κ2) is 8.76. The molecule has 1 heterocycles. The summed E-state index contributed by atoms with van der Waals surface area (Å²) in [5.74, 6) is -0.0147. The Balaban J connectivity index is 2.25. The molecule has 0 aliphatic carbocycles. The summed E-state index contributed by atoms with van der Waals surface area (Å²) in [4.78, 5) is 27.0. The number of carbonyl (C=O) groups is 2. The summed E-state index contributed by atoms with van der Waals surface area (Å²) < 4.78 is 9.92. The summed E-state index contributed by atoms with van der Waals surface area (Å²) in [6.45, 7) is 7.50. The van der Waals surface area contributed by atoms with Gasteiger partial charge in [-0.1, -0.05) is 0 Å². The number of piperazine rings is 1. The van der Waals surface area contributed by atoms with E-state index in [1.807, 2.05) is 11.8 Å². The van der Waals surface area contributed by atoms with Gasteiger partial charge in [0.15, 0.2) is 0 Å². The Hall–Kier alpha value is -1.34. The molecule has 2 amide bonds. The van der Waals surface area contributed by atoms with Gasteiger partial charge < -0.3 is 19.7 Å². The van der Waals surface area contributed by atoms with Crippen LogP contribution < -0.4 is 5.32 Å². The number of methoxy groups -OCH3 is 1. The predicted molar refractivity (Wildman–Crippen MR) is 74.5 cm³/mol. The highest BCUT2D eigenvalue weighted by Gasteiger charge is 2.23. The Bertz CT molecular complexity index is 317. The highest BCUT2D eigenvalue weighted by atomic mass is 16.6. The molecule has 0 spiro atoms. The zero-order valence-electron chi connectivity index (χ0n) is 12.6. The fraction of sp³-hybridized carbons (Fsp3) is 0.846. The van der Waals surface area contributed by atoms with Crippen molar-refractivity contribution in [2.75, 3.05) is 53.0 Å². The molecule has 0 saturated carbocycles. The highest BCUT2D eigenvalue weighted by molar-refractivity contribution is 5.78. The Kier molecular flexibility index (Phi) is 7.32. The number of hydrogen-bond donors (Lipinski definition) is 1. The maximum Gasteiger partial charge on any atom is 0.409 e. The number of ether oxygens (including phenoxy) is 2. The molecule has 7 heteroatoms. The smallest absolute Gasteiger partial charge is 0.409 e. The molecule has 1 saturated heterocycles. The van der Waals surface area contributed by atoms with Crippen molar-refractivity contribution in [1.29, 1.82) is 0 Å². The van der Waals surface area contributed by atoms with Crippen LogP contribution in [0.5, 0.6) is 0 Å². The molecule has 0 aromatic rings. The van der Waals surface area contributed by atoms with E-state index in [0.29, 0.717) is 45.9 Å². The number of amides is 2. The maximum atomic E-state index is 11.8. The van der Waals surface area contributed by atoms with Crippen LogP contribution in [0, 0.1) is 0 Å². The lowest BCUT2D eigenvalue weighted by molar-refractivity contribution is -0.123. The number of nitrogens with one attached hydrogen (secondary N) is 1. The van der Waals surface area contributed by atoms with Crippen molar-refractivity contribution in [3.63, 3.8) is 0 Å². The number of rotatable bonds is 6. The van der Waals surface area contributed by atoms with Crippen LogP contribution in [0.3, 0.4) is 0 Å². The van der Waals surface area contributed by atoms with Crippen molar-refractivity contribution in [2.24, 2.45) is 0 Å². The molecule has 7 nitrogen and oxygen atoms in total. The van der Waals surface area contributed by atoms with Crippen molar-refractivity contribution in [2.45, 2.75) is 19.9 Å². The van der Waals surface area contributed by atoms with Gasteiger partial charge in [-0.2, -0.15) is 0 Å². The van der Waals surface area contributed by atoms with Gasteiger partial charge in [-0.25, -0.2) is 4.79 Å². The molecule has 0 aromatic heterocycles. The van der Waals surface area contributed by atoms with Crippen molar-refractivity contribution >= 4 is 12.0 Å². The van der Waals surface area contributed by atoms with Crippen LogP contribution in [-0.2, 0) is 14.3 Å². The summed E-state index contributed by atoms with van der Waals surface area (Å²) in [7, 11) is 1.61. The van der Waals surface area contributed by atoms with Gasteiger partial charge in [-0.3, -0.25) is 9.69 Å². The molecule has 1 fully saturated rings. The second-order valence-electron chi connectivity index (χ2n) is 4.89. The van der Waals surface area contributed by atoms with Crippen LogP contribution >= 0.6 is 0 Å². The number of hydrogen-bond acceptors (Lipinski definition) is 5. The first-order valence-corrected chi connectivity index (χ1v) is 6.99. The monoisotopic (exact) mass is 287 g/mol. The minimum absolute atomic E-state index is 0.00770. The maximum absolute atomic E-state index is 11.8. The average molecular weight is 287 g/mol.